The maximum atomic E-state index is 14.4. The van der Waals surface area contributed by atoms with Crippen molar-refractivity contribution in [1.82, 2.24) is 15.2 Å². The lowest BCUT2D eigenvalue weighted by molar-refractivity contribution is -0.143. The third-order valence-corrected chi connectivity index (χ3v) is 8.76. The van der Waals surface area contributed by atoms with Gasteiger partial charge in [0.1, 0.15) is 17.7 Å². The number of fused-ring (bicyclic) bond motifs is 3. The Bertz CT molecular complexity index is 1500. The van der Waals surface area contributed by atoms with Crippen LogP contribution in [0.3, 0.4) is 0 Å². The van der Waals surface area contributed by atoms with Gasteiger partial charge in [0, 0.05) is 36.6 Å². The number of hydrogen-bond donors (Lipinski definition) is 3. The molecule has 42 heavy (non-hydrogen) atoms. The Kier molecular flexibility index (Phi) is 8.11. The smallest absolute Gasteiger partial charge is 0.306 e. The molecule has 1 saturated heterocycles. The number of amides is 2. The average molecular weight is 581 g/mol. The number of likely N-dealkylation sites (tertiary alicyclic amines) is 1. The van der Waals surface area contributed by atoms with Crippen LogP contribution < -0.4 is 11.1 Å². The van der Waals surface area contributed by atoms with E-state index in [1.807, 2.05) is 0 Å². The number of carbonyl (C=O) groups excluding carboxylic acids is 3. The maximum Gasteiger partial charge on any atom is 0.306 e. The first kappa shape index (κ1) is 29.7. The summed E-state index contributed by atoms with van der Waals surface area (Å²) in [4.78, 5) is 44.0. The molecule has 2 aromatic carbocycles. The molecule has 8 nitrogen and oxygen atoms in total. The lowest BCUT2D eigenvalue weighted by atomic mass is 9.73. The van der Waals surface area contributed by atoms with E-state index in [2.05, 4.69) is 10.3 Å². The second kappa shape index (κ2) is 11.5. The standard InChI is InChI=1S/C32H38F2N4O4/c1-4-42-28(39)14-19-17-32(25-16-22(34)5-7-23(19)25)9-11-38(12-10-32)29(40)27(37-30(41)31(2,3)35)13-20-18-36-26-8-6-21(33)15-24(20)26/h5-8,15-16,18-19,27,36H,4,9-14,17,35H2,1-3H3,(H,37,41)/t19-,27?/m0/s1. The van der Waals surface area contributed by atoms with E-state index in [0.717, 1.165) is 16.6 Å². The fraction of sp³-hybridized carbons (Fsp3) is 0.469. The van der Waals surface area contributed by atoms with Crippen molar-refractivity contribution in [3.05, 3.63) is 70.9 Å². The molecule has 0 bridgehead atoms. The normalized spacial score (nSPS) is 18.6. The van der Waals surface area contributed by atoms with E-state index in [4.69, 9.17) is 10.5 Å². The van der Waals surface area contributed by atoms with Crippen LogP contribution in [0.15, 0.2) is 42.6 Å². The fourth-order valence-corrected chi connectivity index (χ4v) is 6.57. The number of halogens is 2. The molecule has 1 aliphatic heterocycles. The van der Waals surface area contributed by atoms with Crippen LogP contribution in [-0.4, -0.2) is 58.9 Å². The summed E-state index contributed by atoms with van der Waals surface area (Å²) in [6.07, 6.45) is 3.97. The van der Waals surface area contributed by atoms with Gasteiger partial charge in [-0.25, -0.2) is 8.78 Å². The van der Waals surface area contributed by atoms with Gasteiger partial charge in [0.25, 0.3) is 0 Å². The number of nitrogens with zero attached hydrogens (tertiary/aromatic N) is 1. The number of benzene rings is 2. The van der Waals surface area contributed by atoms with E-state index >= 15 is 0 Å². The van der Waals surface area contributed by atoms with Gasteiger partial charge in [-0.1, -0.05) is 6.07 Å². The molecule has 1 spiro atoms. The van der Waals surface area contributed by atoms with Gasteiger partial charge < -0.3 is 25.7 Å². The first-order chi connectivity index (χ1) is 19.9. The zero-order chi connectivity index (χ0) is 30.2. The van der Waals surface area contributed by atoms with Crippen LogP contribution in [0.1, 0.15) is 69.1 Å². The second-order valence-corrected chi connectivity index (χ2v) is 12.2. The number of esters is 1. The Morgan fingerprint density at radius 2 is 1.83 bits per heavy atom. The summed E-state index contributed by atoms with van der Waals surface area (Å²) in [5.41, 5.74) is 7.76. The molecule has 1 unspecified atom stereocenters. The molecule has 2 aliphatic rings. The number of aromatic amines is 1. The number of nitrogens with one attached hydrogen (secondary N) is 2. The highest BCUT2D eigenvalue weighted by molar-refractivity contribution is 5.92. The quantitative estimate of drug-likeness (QED) is 0.345. The zero-order valence-electron chi connectivity index (χ0n) is 24.3. The van der Waals surface area contributed by atoms with Crippen LogP contribution in [0.25, 0.3) is 10.9 Å². The largest absolute Gasteiger partial charge is 0.466 e. The number of ether oxygens (including phenoxy) is 1. The van der Waals surface area contributed by atoms with Gasteiger partial charge in [0.2, 0.25) is 11.8 Å². The molecule has 0 radical (unpaired) electrons. The molecule has 2 amide bonds. The van der Waals surface area contributed by atoms with E-state index < -0.39 is 23.3 Å². The summed E-state index contributed by atoms with van der Waals surface area (Å²) >= 11 is 0. The molecule has 3 aromatic rings. The SMILES string of the molecule is CCOC(=O)C[C@H]1CC2(CCN(C(=O)C(Cc3c[nH]c4ccc(F)cc34)NC(=O)C(C)(C)N)CC2)c2cc(F)ccc21. The maximum absolute atomic E-state index is 14.4. The minimum Gasteiger partial charge on any atom is -0.466 e. The van der Waals surface area contributed by atoms with Gasteiger partial charge in [-0.15, -0.1) is 0 Å². The summed E-state index contributed by atoms with van der Waals surface area (Å²) < 4.78 is 33.6. The molecule has 5 rings (SSSR count). The molecule has 1 aromatic heterocycles. The average Bonchev–Trinajstić information content (AvgIpc) is 3.45. The Morgan fingerprint density at radius 3 is 2.52 bits per heavy atom. The molecule has 224 valence electrons. The van der Waals surface area contributed by atoms with Crippen LogP contribution in [0.2, 0.25) is 0 Å². The van der Waals surface area contributed by atoms with E-state index in [9.17, 15) is 23.2 Å². The fourth-order valence-electron chi connectivity index (χ4n) is 6.57. The van der Waals surface area contributed by atoms with Crippen LogP contribution in [0.4, 0.5) is 8.78 Å². The van der Waals surface area contributed by atoms with Crippen molar-refractivity contribution < 1.29 is 27.9 Å². The Morgan fingerprint density at radius 1 is 1.14 bits per heavy atom. The van der Waals surface area contributed by atoms with E-state index in [-0.39, 0.29) is 41.9 Å². The van der Waals surface area contributed by atoms with Gasteiger partial charge >= 0.3 is 5.97 Å². The highest BCUT2D eigenvalue weighted by atomic mass is 19.1. The minimum absolute atomic E-state index is 0.0806. The predicted molar refractivity (Wildman–Crippen MR) is 155 cm³/mol. The van der Waals surface area contributed by atoms with Gasteiger partial charge in [-0.2, -0.15) is 0 Å². The summed E-state index contributed by atoms with van der Waals surface area (Å²) in [6, 6.07) is 8.25. The monoisotopic (exact) mass is 580 g/mol. The molecular formula is C32H38F2N4O4. The van der Waals surface area contributed by atoms with Crippen molar-refractivity contribution in [2.75, 3.05) is 19.7 Å². The van der Waals surface area contributed by atoms with Crippen molar-refractivity contribution >= 4 is 28.7 Å². The molecular weight excluding hydrogens is 542 g/mol. The molecule has 0 saturated carbocycles. The number of rotatable bonds is 8. The Balaban J connectivity index is 1.36. The third-order valence-electron chi connectivity index (χ3n) is 8.76. The number of carbonyl (C=O) groups is 3. The third kappa shape index (κ3) is 5.90. The van der Waals surface area contributed by atoms with Crippen LogP contribution >= 0.6 is 0 Å². The number of H-pyrrole nitrogens is 1. The number of nitrogens with two attached hydrogens (primary N) is 1. The molecule has 4 N–H and O–H groups in total. The summed E-state index contributed by atoms with van der Waals surface area (Å²) in [6.45, 7) is 6.02. The van der Waals surface area contributed by atoms with Crippen molar-refractivity contribution in [2.24, 2.45) is 5.73 Å². The van der Waals surface area contributed by atoms with E-state index in [0.29, 0.717) is 49.9 Å². The lowest BCUT2D eigenvalue weighted by Gasteiger charge is -2.41. The first-order valence-electron chi connectivity index (χ1n) is 14.5. The van der Waals surface area contributed by atoms with Crippen molar-refractivity contribution in [3.63, 3.8) is 0 Å². The minimum atomic E-state index is -1.21. The first-order valence-corrected chi connectivity index (χ1v) is 14.5. The summed E-state index contributed by atoms with van der Waals surface area (Å²) in [7, 11) is 0. The highest BCUT2D eigenvalue weighted by Crippen LogP contribution is 2.53. The van der Waals surface area contributed by atoms with Gasteiger partial charge in [-0.05, 0) is 98.4 Å². The van der Waals surface area contributed by atoms with E-state index in [1.165, 1.54) is 18.2 Å². The van der Waals surface area contributed by atoms with Gasteiger partial charge in [-0.3, -0.25) is 14.4 Å². The zero-order valence-corrected chi connectivity index (χ0v) is 24.3. The van der Waals surface area contributed by atoms with Crippen molar-refractivity contribution in [2.45, 2.75) is 75.8 Å². The predicted octanol–water partition coefficient (Wildman–Crippen LogP) is 4.21. The highest BCUT2D eigenvalue weighted by Gasteiger charge is 2.47. The van der Waals surface area contributed by atoms with E-state index in [1.54, 1.807) is 50.1 Å². The molecule has 1 fully saturated rings. The van der Waals surface area contributed by atoms with Gasteiger partial charge in [0.15, 0.2) is 0 Å². The van der Waals surface area contributed by atoms with Crippen LogP contribution in [0.5, 0.6) is 0 Å². The summed E-state index contributed by atoms with van der Waals surface area (Å²) in [5, 5.41) is 3.48. The topological polar surface area (TPSA) is 118 Å². The Hall–Kier alpha value is -3.79. The number of aromatic nitrogens is 1. The lowest BCUT2D eigenvalue weighted by Crippen LogP contribution is -2.58. The summed E-state index contributed by atoms with van der Waals surface area (Å²) in [5.74, 6) is -1.81. The molecule has 2 atom stereocenters. The van der Waals surface area contributed by atoms with Crippen molar-refractivity contribution in [1.29, 1.82) is 0 Å². The second-order valence-electron chi connectivity index (χ2n) is 12.2. The van der Waals surface area contributed by atoms with Crippen LogP contribution in [0, 0.1) is 11.6 Å². The van der Waals surface area contributed by atoms with Crippen molar-refractivity contribution in [3.8, 4) is 0 Å². The molecule has 2 heterocycles. The number of hydrogen-bond acceptors (Lipinski definition) is 5. The van der Waals surface area contributed by atoms with Crippen LogP contribution in [-0.2, 0) is 31.0 Å². The molecule has 1 aliphatic carbocycles. The Labute approximate surface area is 244 Å². The van der Waals surface area contributed by atoms with Gasteiger partial charge in [0.05, 0.1) is 18.6 Å². The molecule has 10 heteroatoms. The number of piperidine rings is 1.